The van der Waals surface area contributed by atoms with Gasteiger partial charge in [-0.1, -0.05) is 0 Å². The molecule has 0 saturated heterocycles. The van der Waals surface area contributed by atoms with E-state index in [2.05, 4.69) is 14.1 Å². The lowest BCUT2D eigenvalue weighted by molar-refractivity contribution is -0.858. The Hall–Kier alpha value is -1.97. The first-order chi connectivity index (χ1) is 13.6. The van der Waals surface area contributed by atoms with Crippen LogP contribution in [0.15, 0.2) is 9.59 Å². The summed E-state index contributed by atoms with van der Waals surface area (Å²) in [6.07, 6.45) is 1.39. The number of hydrogen-bond acceptors (Lipinski definition) is 6. The summed E-state index contributed by atoms with van der Waals surface area (Å²) in [6.45, 7) is 7.33. The van der Waals surface area contributed by atoms with Crippen molar-refractivity contribution in [3.05, 3.63) is 31.3 Å². The molecular weight excluding hydrogens is 394 g/mol. The topological polar surface area (TPSA) is 84.0 Å². The SMILES string of the molecule is CCOC(=O)Cn1c(=O)c2c3c(sc2n(CCC[NH+](C)C)c1=O)COC(C)(C)C3. The van der Waals surface area contributed by atoms with Gasteiger partial charge >= 0.3 is 11.7 Å². The second-order valence-corrected chi connectivity index (χ2v) is 9.43. The highest BCUT2D eigenvalue weighted by molar-refractivity contribution is 7.18. The van der Waals surface area contributed by atoms with E-state index in [1.807, 2.05) is 13.8 Å². The summed E-state index contributed by atoms with van der Waals surface area (Å²) in [4.78, 5) is 41.4. The Kier molecular flexibility index (Phi) is 6.30. The monoisotopic (exact) mass is 424 g/mol. The first kappa shape index (κ1) is 21.7. The van der Waals surface area contributed by atoms with Crippen molar-refractivity contribution in [2.24, 2.45) is 0 Å². The zero-order valence-corrected chi connectivity index (χ0v) is 18.6. The normalized spacial score (nSPS) is 15.7. The fourth-order valence-electron chi connectivity index (χ4n) is 3.67. The van der Waals surface area contributed by atoms with E-state index in [1.165, 1.54) is 16.2 Å². The Bertz CT molecular complexity index is 1030. The minimum atomic E-state index is -0.580. The lowest BCUT2D eigenvalue weighted by atomic mass is 9.94. The van der Waals surface area contributed by atoms with Gasteiger partial charge < -0.3 is 14.4 Å². The molecule has 0 fully saturated rings. The second-order valence-electron chi connectivity index (χ2n) is 8.35. The van der Waals surface area contributed by atoms with E-state index in [1.54, 1.807) is 11.5 Å². The van der Waals surface area contributed by atoms with Crippen LogP contribution in [0.5, 0.6) is 0 Å². The number of nitrogens with zero attached hydrogens (tertiary/aromatic N) is 2. The fraction of sp³-hybridized carbons (Fsp3) is 0.650. The van der Waals surface area contributed by atoms with Crippen molar-refractivity contribution in [3.63, 3.8) is 0 Å². The lowest BCUT2D eigenvalue weighted by Gasteiger charge is -2.29. The van der Waals surface area contributed by atoms with Crippen LogP contribution in [0.1, 0.15) is 37.6 Å². The Morgan fingerprint density at radius 1 is 1.28 bits per heavy atom. The largest absolute Gasteiger partial charge is 0.465 e. The maximum absolute atomic E-state index is 13.3. The number of esters is 1. The summed E-state index contributed by atoms with van der Waals surface area (Å²) in [6, 6.07) is 0. The molecule has 8 nitrogen and oxygen atoms in total. The zero-order valence-electron chi connectivity index (χ0n) is 17.8. The summed E-state index contributed by atoms with van der Waals surface area (Å²) >= 11 is 1.45. The maximum Gasteiger partial charge on any atom is 0.332 e. The van der Waals surface area contributed by atoms with Gasteiger partial charge in [-0.3, -0.25) is 14.2 Å². The van der Waals surface area contributed by atoms with Crippen LogP contribution in [-0.2, 0) is 40.4 Å². The Labute approximate surface area is 173 Å². The average molecular weight is 425 g/mol. The van der Waals surface area contributed by atoms with E-state index in [4.69, 9.17) is 9.47 Å². The molecule has 9 heteroatoms. The highest BCUT2D eigenvalue weighted by Crippen LogP contribution is 2.37. The van der Waals surface area contributed by atoms with Gasteiger partial charge in [-0.05, 0) is 26.3 Å². The molecule has 2 aromatic rings. The van der Waals surface area contributed by atoms with Crippen LogP contribution >= 0.6 is 11.3 Å². The number of aryl methyl sites for hydroxylation is 1. The number of aromatic nitrogens is 2. The Balaban J connectivity index is 2.18. The van der Waals surface area contributed by atoms with Crippen LogP contribution in [0.25, 0.3) is 10.2 Å². The molecule has 0 amide bonds. The number of nitrogens with one attached hydrogen (secondary N) is 1. The summed E-state index contributed by atoms with van der Waals surface area (Å²) in [5, 5.41) is 0.544. The molecule has 29 heavy (non-hydrogen) atoms. The van der Waals surface area contributed by atoms with Gasteiger partial charge in [0.05, 0.1) is 44.8 Å². The number of rotatable bonds is 7. The predicted molar refractivity (Wildman–Crippen MR) is 112 cm³/mol. The van der Waals surface area contributed by atoms with Crippen LogP contribution in [0, 0.1) is 0 Å². The molecule has 1 N–H and O–H groups in total. The van der Waals surface area contributed by atoms with Crippen molar-refractivity contribution >= 4 is 27.5 Å². The molecule has 160 valence electrons. The van der Waals surface area contributed by atoms with Gasteiger partial charge in [0.25, 0.3) is 5.56 Å². The van der Waals surface area contributed by atoms with E-state index in [-0.39, 0.29) is 18.8 Å². The molecule has 3 rings (SSSR count). The molecule has 3 heterocycles. The molecule has 0 spiro atoms. The second kappa shape index (κ2) is 8.41. The molecule has 0 aliphatic carbocycles. The fourth-order valence-corrected chi connectivity index (χ4v) is 4.91. The van der Waals surface area contributed by atoms with Crippen LogP contribution < -0.4 is 16.1 Å². The van der Waals surface area contributed by atoms with Gasteiger partial charge in [0, 0.05) is 24.3 Å². The van der Waals surface area contributed by atoms with Crippen molar-refractivity contribution < 1.29 is 19.2 Å². The molecule has 1 aliphatic rings. The van der Waals surface area contributed by atoms with Gasteiger partial charge in [-0.2, -0.15) is 0 Å². The first-order valence-corrected chi connectivity index (χ1v) is 10.8. The third-order valence-electron chi connectivity index (χ3n) is 5.09. The first-order valence-electron chi connectivity index (χ1n) is 10.0. The molecule has 0 aromatic carbocycles. The molecule has 0 bridgehead atoms. The highest BCUT2D eigenvalue weighted by Gasteiger charge is 2.32. The molecule has 0 saturated carbocycles. The van der Waals surface area contributed by atoms with Crippen LogP contribution in [0.4, 0.5) is 0 Å². The molecule has 2 aromatic heterocycles. The number of thiophene rings is 1. The third kappa shape index (κ3) is 4.46. The van der Waals surface area contributed by atoms with Crippen molar-refractivity contribution in [3.8, 4) is 0 Å². The van der Waals surface area contributed by atoms with Crippen molar-refractivity contribution in [1.82, 2.24) is 9.13 Å². The quantitative estimate of drug-likeness (QED) is 0.641. The smallest absolute Gasteiger partial charge is 0.332 e. The van der Waals surface area contributed by atoms with E-state index >= 15 is 0 Å². The Morgan fingerprint density at radius 2 is 2.00 bits per heavy atom. The minimum Gasteiger partial charge on any atom is -0.465 e. The van der Waals surface area contributed by atoms with E-state index in [9.17, 15) is 14.4 Å². The number of ether oxygens (including phenoxy) is 2. The summed E-state index contributed by atoms with van der Waals surface area (Å²) in [5.74, 6) is -0.580. The van der Waals surface area contributed by atoms with E-state index < -0.39 is 17.2 Å². The maximum atomic E-state index is 13.3. The number of carbonyl (C=O) groups is 1. The summed E-state index contributed by atoms with van der Waals surface area (Å²) < 4.78 is 13.6. The lowest BCUT2D eigenvalue weighted by Crippen LogP contribution is -3.05. The van der Waals surface area contributed by atoms with Gasteiger partial charge in [-0.15, -0.1) is 11.3 Å². The van der Waals surface area contributed by atoms with Crippen molar-refractivity contribution in [1.29, 1.82) is 0 Å². The number of carbonyl (C=O) groups excluding carboxylic acids is 1. The van der Waals surface area contributed by atoms with Gasteiger partial charge in [-0.25, -0.2) is 9.36 Å². The average Bonchev–Trinajstić information content (AvgIpc) is 2.98. The van der Waals surface area contributed by atoms with E-state index in [0.29, 0.717) is 29.8 Å². The summed E-state index contributed by atoms with van der Waals surface area (Å²) in [5.41, 5.74) is -0.309. The third-order valence-corrected chi connectivity index (χ3v) is 6.31. The predicted octanol–water partition coefficient (Wildman–Crippen LogP) is 0.174. The highest BCUT2D eigenvalue weighted by atomic mass is 32.1. The van der Waals surface area contributed by atoms with Crippen LogP contribution in [0.3, 0.4) is 0 Å². The van der Waals surface area contributed by atoms with Crippen LogP contribution in [-0.4, -0.2) is 48.0 Å². The standard InChI is InChI=1S/C20H29N3O5S/c1-6-27-15(24)11-23-17(25)16-13-10-20(2,3)28-12-14(13)29-18(16)22(19(23)26)9-7-8-21(4)5/h6-12H2,1-5H3/p+1. The summed E-state index contributed by atoms with van der Waals surface area (Å²) in [7, 11) is 4.12. The molecular formula is C20H30N3O5S+. The van der Waals surface area contributed by atoms with Crippen molar-refractivity contribution in [2.75, 3.05) is 27.2 Å². The molecule has 1 aliphatic heterocycles. The molecule has 0 unspecified atom stereocenters. The minimum absolute atomic E-state index is 0.203. The van der Waals surface area contributed by atoms with Gasteiger partial charge in [0.1, 0.15) is 11.4 Å². The molecule has 0 radical (unpaired) electrons. The number of hydrogen-bond donors (Lipinski definition) is 1. The van der Waals surface area contributed by atoms with Gasteiger partial charge in [0.2, 0.25) is 0 Å². The zero-order chi connectivity index (χ0) is 21.3. The number of quaternary nitrogens is 1. The molecule has 0 atom stereocenters. The number of fused-ring (bicyclic) bond motifs is 3. The van der Waals surface area contributed by atoms with Crippen LogP contribution in [0.2, 0.25) is 0 Å². The Morgan fingerprint density at radius 3 is 2.66 bits per heavy atom. The van der Waals surface area contributed by atoms with E-state index in [0.717, 1.165) is 28.0 Å². The van der Waals surface area contributed by atoms with Gasteiger partial charge in [0.15, 0.2) is 0 Å². The van der Waals surface area contributed by atoms with Crippen molar-refractivity contribution in [2.45, 2.75) is 58.9 Å².